The molecule has 1 heterocycles. The number of methoxy groups -OCH3 is 1. The highest BCUT2D eigenvalue weighted by atomic mass is 35.5. The van der Waals surface area contributed by atoms with Gasteiger partial charge in [-0.3, -0.25) is 4.79 Å². The molecule has 0 spiro atoms. The van der Waals surface area contributed by atoms with Crippen LogP contribution in [0.1, 0.15) is 44.1 Å². The summed E-state index contributed by atoms with van der Waals surface area (Å²) in [6.45, 7) is 2.90. The lowest BCUT2D eigenvalue weighted by atomic mass is 9.97. The molecule has 0 aliphatic carbocycles. The highest BCUT2D eigenvalue weighted by Crippen LogP contribution is 2.18. The second-order valence-corrected chi connectivity index (χ2v) is 6.81. The third kappa shape index (κ3) is 7.66. The first-order chi connectivity index (χ1) is 11.7. The van der Waals surface area contributed by atoms with Crippen molar-refractivity contribution in [3.05, 3.63) is 29.8 Å². The summed E-state index contributed by atoms with van der Waals surface area (Å²) in [6.07, 6.45) is 7.43. The third-order valence-electron chi connectivity index (χ3n) is 4.88. The molecular formula is C20H33ClN2O2. The van der Waals surface area contributed by atoms with E-state index in [4.69, 9.17) is 4.74 Å². The number of carbonyl (C=O) groups excluding carboxylic acids is 1. The molecule has 1 N–H and O–H groups in total. The summed E-state index contributed by atoms with van der Waals surface area (Å²) < 4.78 is 5.17. The van der Waals surface area contributed by atoms with Gasteiger partial charge in [-0.2, -0.15) is 0 Å². The Morgan fingerprint density at radius 2 is 2.00 bits per heavy atom. The van der Waals surface area contributed by atoms with E-state index in [9.17, 15) is 4.79 Å². The molecule has 1 unspecified atom stereocenters. The van der Waals surface area contributed by atoms with Gasteiger partial charge in [0.05, 0.1) is 7.11 Å². The Bertz CT molecular complexity index is 491. The molecule has 5 heteroatoms. The van der Waals surface area contributed by atoms with Gasteiger partial charge in [0.15, 0.2) is 0 Å². The van der Waals surface area contributed by atoms with E-state index in [1.54, 1.807) is 7.11 Å². The molecule has 0 saturated carbocycles. The minimum Gasteiger partial charge on any atom is -0.497 e. The second kappa shape index (κ2) is 12.2. The number of ether oxygens (including phenoxy) is 1. The molecule has 1 aliphatic heterocycles. The Hall–Kier alpha value is -1.26. The lowest BCUT2D eigenvalue weighted by molar-refractivity contribution is -0.133. The molecule has 0 bridgehead atoms. The molecule has 1 aromatic carbocycles. The van der Waals surface area contributed by atoms with E-state index < -0.39 is 0 Å². The van der Waals surface area contributed by atoms with E-state index >= 15 is 0 Å². The van der Waals surface area contributed by atoms with Crippen LogP contribution in [-0.4, -0.2) is 44.6 Å². The lowest BCUT2D eigenvalue weighted by Gasteiger charge is -2.32. The molecule has 25 heavy (non-hydrogen) atoms. The minimum atomic E-state index is 0. The van der Waals surface area contributed by atoms with Crippen LogP contribution in [0.3, 0.4) is 0 Å². The average Bonchev–Trinajstić information content (AvgIpc) is 2.62. The number of likely N-dealkylation sites (tertiary alicyclic amines) is 1. The number of piperidine rings is 1. The van der Waals surface area contributed by atoms with Crippen LogP contribution in [0, 0.1) is 5.92 Å². The van der Waals surface area contributed by atoms with E-state index in [0.717, 1.165) is 57.5 Å². The quantitative estimate of drug-likeness (QED) is 0.676. The molecule has 1 saturated heterocycles. The van der Waals surface area contributed by atoms with Crippen molar-refractivity contribution >= 4 is 18.3 Å². The molecule has 1 aliphatic rings. The summed E-state index contributed by atoms with van der Waals surface area (Å²) in [6, 6.07) is 8.27. The maximum Gasteiger partial charge on any atom is 0.222 e. The predicted molar refractivity (Wildman–Crippen MR) is 106 cm³/mol. The van der Waals surface area contributed by atoms with Crippen molar-refractivity contribution in [1.29, 1.82) is 0 Å². The summed E-state index contributed by atoms with van der Waals surface area (Å²) in [7, 11) is 3.68. The van der Waals surface area contributed by atoms with Crippen molar-refractivity contribution in [2.75, 3.05) is 33.8 Å². The molecule has 1 aromatic rings. The number of amides is 1. The van der Waals surface area contributed by atoms with Gasteiger partial charge in [-0.15, -0.1) is 12.4 Å². The number of aryl methyl sites for hydroxylation is 1. The van der Waals surface area contributed by atoms with Crippen LogP contribution in [-0.2, 0) is 11.2 Å². The maximum atomic E-state index is 12.3. The number of benzene rings is 1. The van der Waals surface area contributed by atoms with Crippen LogP contribution in [0.4, 0.5) is 0 Å². The fourth-order valence-corrected chi connectivity index (χ4v) is 3.48. The summed E-state index contributed by atoms with van der Waals surface area (Å²) in [4.78, 5) is 14.4. The van der Waals surface area contributed by atoms with E-state index in [1.807, 2.05) is 19.2 Å². The Balaban J connectivity index is 0.00000312. The van der Waals surface area contributed by atoms with Crippen LogP contribution in [0.15, 0.2) is 24.3 Å². The van der Waals surface area contributed by atoms with Gasteiger partial charge < -0.3 is 15.0 Å². The first-order valence-corrected chi connectivity index (χ1v) is 9.28. The number of unbranched alkanes of at least 4 members (excludes halogenated alkanes) is 2. The zero-order chi connectivity index (χ0) is 17.2. The highest BCUT2D eigenvalue weighted by Gasteiger charge is 2.22. The van der Waals surface area contributed by atoms with E-state index in [-0.39, 0.29) is 12.4 Å². The van der Waals surface area contributed by atoms with Gasteiger partial charge in [0, 0.05) is 19.5 Å². The van der Waals surface area contributed by atoms with Gasteiger partial charge in [-0.1, -0.05) is 18.6 Å². The summed E-state index contributed by atoms with van der Waals surface area (Å²) in [5.74, 6) is 1.88. The largest absolute Gasteiger partial charge is 0.497 e. The summed E-state index contributed by atoms with van der Waals surface area (Å²) in [5.41, 5.74) is 1.34. The Labute approximate surface area is 158 Å². The fraction of sp³-hybridized carbons (Fsp3) is 0.650. The Morgan fingerprint density at radius 1 is 1.24 bits per heavy atom. The first-order valence-electron chi connectivity index (χ1n) is 9.28. The topological polar surface area (TPSA) is 41.6 Å². The van der Waals surface area contributed by atoms with Crippen molar-refractivity contribution in [3.8, 4) is 5.75 Å². The molecule has 1 fully saturated rings. The van der Waals surface area contributed by atoms with E-state index in [1.165, 1.54) is 12.0 Å². The molecule has 1 amide bonds. The van der Waals surface area contributed by atoms with Gasteiger partial charge >= 0.3 is 0 Å². The van der Waals surface area contributed by atoms with Crippen molar-refractivity contribution in [2.24, 2.45) is 5.92 Å². The predicted octanol–water partition coefficient (Wildman–Crippen LogP) is 3.68. The standard InChI is InChI=1S/C20H32N2O2.ClH/c1-21-15-18-8-6-14-22(16-18)20(23)9-5-3-4-7-17-10-12-19(24-2)13-11-17;/h10-13,18,21H,3-9,14-16H2,1-2H3;1H. The van der Waals surface area contributed by atoms with Gasteiger partial charge in [-0.25, -0.2) is 0 Å². The number of halogens is 1. The second-order valence-electron chi connectivity index (χ2n) is 6.81. The Kier molecular flexibility index (Phi) is 10.6. The monoisotopic (exact) mass is 368 g/mol. The fourth-order valence-electron chi connectivity index (χ4n) is 3.48. The minimum absolute atomic E-state index is 0. The van der Waals surface area contributed by atoms with Gasteiger partial charge in [0.25, 0.3) is 0 Å². The normalized spacial score (nSPS) is 17.0. The van der Waals surface area contributed by atoms with Gasteiger partial charge in [-0.05, 0) is 69.3 Å². The number of nitrogens with one attached hydrogen (secondary N) is 1. The Morgan fingerprint density at radius 3 is 2.68 bits per heavy atom. The number of rotatable bonds is 9. The van der Waals surface area contributed by atoms with Crippen LogP contribution in [0.2, 0.25) is 0 Å². The van der Waals surface area contributed by atoms with Crippen molar-refractivity contribution in [3.63, 3.8) is 0 Å². The third-order valence-corrected chi connectivity index (χ3v) is 4.88. The van der Waals surface area contributed by atoms with Crippen molar-refractivity contribution < 1.29 is 9.53 Å². The van der Waals surface area contributed by atoms with Crippen molar-refractivity contribution in [1.82, 2.24) is 10.2 Å². The van der Waals surface area contributed by atoms with Gasteiger partial charge in [0.1, 0.15) is 5.75 Å². The lowest BCUT2D eigenvalue weighted by Crippen LogP contribution is -2.42. The van der Waals surface area contributed by atoms with E-state index in [2.05, 4.69) is 22.3 Å². The molecule has 0 aromatic heterocycles. The highest BCUT2D eigenvalue weighted by molar-refractivity contribution is 5.85. The van der Waals surface area contributed by atoms with E-state index in [0.29, 0.717) is 18.2 Å². The molecular weight excluding hydrogens is 336 g/mol. The molecule has 2 rings (SSSR count). The van der Waals surface area contributed by atoms with Crippen molar-refractivity contribution in [2.45, 2.75) is 44.9 Å². The summed E-state index contributed by atoms with van der Waals surface area (Å²) in [5, 5.41) is 3.23. The smallest absolute Gasteiger partial charge is 0.222 e. The SMILES string of the molecule is CNCC1CCCN(C(=O)CCCCCc2ccc(OC)cc2)C1.Cl. The number of nitrogens with zero attached hydrogens (tertiary/aromatic N) is 1. The average molecular weight is 369 g/mol. The number of hydrogen-bond acceptors (Lipinski definition) is 3. The van der Waals surface area contributed by atoms with Gasteiger partial charge in [0.2, 0.25) is 5.91 Å². The molecule has 4 nitrogen and oxygen atoms in total. The van der Waals surface area contributed by atoms with Crippen LogP contribution < -0.4 is 10.1 Å². The summed E-state index contributed by atoms with van der Waals surface area (Å²) >= 11 is 0. The number of hydrogen-bond donors (Lipinski definition) is 1. The van der Waals surface area contributed by atoms with Crippen LogP contribution >= 0.6 is 12.4 Å². The maximum absolute atomic E-state index is 12.3. The zero-order valence-corrected chi connectivity index (χ0v) is 16.4. The molecule has 142 valence electrons. The van der Waals surface area contributed by atoms with Crippen LogP contribution in [0.25, 0.3) is 0 Å². The van der Waals surface area contributed by atoms with Crippen LogP contribution in [0.5, 0.6) is 5.75 Å². The molecule has 0 radical (unpaired) electrons. The zero-order valence-electron chi connectivity index (χ0n) is 15.6. The molecule has 1 atom stereocenters. The first kappa shape index (κ1) is 21.8. The number of carbonyl (C=O) groups is 1.